The second kappa shape index (κ2) is 8.79. The number of benzene rings is 1. The van der Waals surface area contributed by atoms with Gasteiger partial charge in [-0.3, -0.25) is 14.2 Å². The zero-order valence-electron chi connectivity index (χ0n) is 15.7. The number of carbonyl (C=O) groups excluding carboxylic acids is 2. The summed E-state index contributed by atoms with van der Waals surface area (Å²) in [5, 5.41) is 4.53. The van der Waals surface area contributed by atoms with Crippen LogP contribution >= 0.6 is 11.3 Å². The van der Waals surface area contributed by atoms with Gasteiger partial charge in [-0.25, -0.2) is 9.78 Å². The van der Waals surface area contributed by atoms with Crippen molar-refractivity contribution >= 4 is 39.1 Å². The summed E-state index contributed by atoms with van der Waals surface area (Å²) in [6.07, 6.45) is 3.00. The molecule has 28 heavy (non-hydrogen) atoms. The van der Waals surface area contributed by atoms with Crippen molar-refractivity contribution in [3.05, 3.63) is 58.0 Å². The summed E-state index contributed by atoms with van der Waals surface area (Å²) in [7, 11) is 0. The molecular formula is C20H21N3O4S. The third kappa shape index (κ3) is 4.12. The number of aromatic nitrogens is 2. The lowest BCUT2D eigenvalue weighted by molar-refractivity contribution is -0.118. The summed E-state index contributed by atoms with van der Waals surface area (Å²) in [6, 6.07) is 8.19. The molecule has 1 aromatic carbocycles. The molecule has 0 saturated carbocycles. The Bertz CT molecular complexity index is 1040. The molecule has 0 radical (unpaired) electrons. The monoisotopic (exact) mass is 399 g/mol. The fourth-order valence-corrected chi connectivity index (χ4v) is 3.52. The zero-order valence-corrected chi connectivity index (χ0v) is 16.5. The van der Waals surface area contributed by atoms with E-state index in [4.69, 9.17) is 4.74 Å². The van der Waals surface area contributed by atoms with E-state index in [1.54, 1.807) is 24.4 Å². The fourth-order valence-electron chi connectivity index (χ4n) is 2.65. The Morgan fingerprint density at radius 3 is 2.75 bits per heavy atom. The molecule has 0 spiro atoms. The molecule has 0 saturated heterocycles. The molecule has 1 N–H and O–H groups in total. The molecule has 1 unspecified atom stereocenters. The predicted molar refractivity (Wildman–Crippen MR) is 109 cm³/mol. The molecular weight excluding hydrogens is 378 g/mol. The van der Waals surface area contributed by atoms with E-state index in [9.17, 15) is 14.4 Å². The Morgan fingerprint density at radius 2 is 2.04 bits per heavy atom. The van der Waals surface area contributed by atoms with E-state index in [0.717, 1.165) is 12.8 Å². The minimum atomic E-state index is -0.798. The smallest absolute Gasteiger partial charge is 0.339 e. The van der Waals surface area contributed by atoms with Crippen LogP contribution in [-0.4, -0.2) is 28.0 Å². The van der Waals surface area contributed by atoms with E-state index in [2.05, 4.69) is 10.3 Å². The van der Waals surface area contributed by atoms with Crippen LogP contribution in [0.1, 0.15) is 43.1 Å². The molecule has 0 fully saturated rings. The average Bonchev–Trinajstić information content (AvgIpc) is 3.14. The van der Waals surface area contributed by atoms with Gasteiger partial charge in [-0.2, -0.15) is 0 Å². The maximum absolute atomic E-state index is 13.0. The number of nitrogens with one attached hydrogen (secondary N) is 1. The van der Waals surface area contributed by atoms with Gasteiger partial charge in [-0.15, -0.1) is 11.3 Å². The van der Waals surface area contributed by atoms with Crippen molar-refractivity contribution in [3.8, 4) is 0 Å². The minimum absolute atomic E-state index is 0.188. The highest BCUT2D eigenvalue weighted by Crippen LogP contribution is 2.22. The van der Waals surface area contributed by atoms with E-state index in [-0.39, 0.29) is 16.9 Å². The zero-order chi connectivity index (χ0) is 20.1. The molecule has 2 heterocycles. The number of hydrogen-bond donors (Lipinski definition) is 1. The van der Waals surface area contributed by atoms with Crippen LogP contribution in [0, 0.1) is 0 Å². The maximum Gasteiger partial charge on any atom is 0.339 e. The first-order valence-corrected chi connectivity index (χ1v) is 9.92. The lowest BCUT2D eigenvalue weighted by Gasteiger charge is -2.15. The molecule has 3 rings (SSSR count). The van der Waals surface area contributed by atoms with Gasteiger partial charge in [-0.05, 0) is 25.5 Å². The van der Waals surface area contributed by atoms with Crippen LogP contribution in [-0.2, 0) is 9.53 Å². The number of para-hydroxylation sites is 1. The summed E-state index contributed by atoms with van der Waals surface area (Å²) in [4.78, 5) is 42.6. The standard InChI is InChI=1S/C20H21N3O4S/c1-3-4-10-27-20(26)15-11-28-18-16(15)19(25)23(12-21-18)13(2)17(24)22-14-8-6-5-7-9-14/h5-9,11-13H,3-4,10H2,1-2H3,(H,22,24). The Kier molecular flexibility index (Phi) is 6.20. The quantitative estimate of drug-likeness (QED) is 0.484. The van der Waals surface area contributed by atoms with Gasteiger partial charge in [0.25, 0.3) is 5.56 Å². The van der Waals surface area contributed by atoms with Crippen molar-refractivity contribution in [2.24, 2.45) is 0 Å². The predicted octanol–water partition coefficient (Wildman–Crippen LogP) is 3.61. The first-order valence-electron chi connectivity index (χ1n) is 9.04. The van der Waals surface area contributed by atoms with Crippen molar-refractivity contribution in [1.29, 1.82) is 0 Å². The average molecular weight is 399 g/mol. The summed E-state index contributed by atoms with van der Waals surface area (Å²) in [6.45, 7) is 3.91. The Hall–Kier alpha value is -3.00. The molecule has 146 valence electrons. The molecule has 1 amide bonds. The second-order valence-corrected chi connectivity index (χ2v) is 7.17. The Balaban J connectivity index is 1.88. The Morgan fingerprint density at radius 1 is 1.29 bits per heavy atom. The molecule has 7 nitrogen and oxygen atoms in total. The number of ether oxygens (including phenoxy) is 1. The largest absolute Gasteiger partial charge is 0.462 e. The number of thiophene rings is 1. The summed E-state index contributed by atoms with van der Waals surface area (Å²) < 4.78 is 6.46. The first kappa shape index (κ1) is 19.8. The fraction of sp³-hybridized carbons (Fsp3) is 0.300. The summed E-state index contributed by atoms with van der Waals surface area (Å²) in [5.41, 5.74) is 0.389. The molecule has 0 aliphatic heterocycles. The van der Waals surface area contributed by atoms with E-state index in [1.165, 1.54) is 22.2 Å². The van der Waals surface area contributed by atoms with E-state index < -0.39 is 17.6 Å². The van der Waals surface area contributed by atoms with Crippen molar-refractivity contribution in [1.82, 2.24) is 9.55 Å². The van der Waals surface area contributed by atoms with Gasteiger partial charge in [0.2, 0.25) is 5.91 Å². The van der Waals surface area contributed by atoms with Crippen LogP contribution in [0.25, 0.3) is 10.2 Å². The third-order valence-electron chi connectivity index (χ3n) is 4.31. The van der Waals surface area contributed by atoms with Crippen LogP contribution in [0.2, 0.25) is 0 Å². The number of rotatable bonds is 7. The van der Waals surface area contributed by atoms with Crippen molar-refractivity contribution in [2.45, 2.75) is 32.7 Å². The normalized spacial score (nSPS) is 11.9. The van der Waals surface area contributed by atoms with Gasteiger partial charge in [0.15, 0.2) is 0 Å². The van der Waals surface area contributed by atoms with Gasteiger partial charge < -0.3 is 10.1 Å². The maximum atomic E-state index is 13.0. The summed E-state index contributed by atoms with van der Waals surface area (Å²) in [5.74, 6) is -0.894. The Labute approximate surface area is 166 Å². The number of esters is 1. The summed E-state index contributed by atoms with van der Waals surface area (Å²) >= 11 is 1.20. The number of hydrogen-bond acceptors (Lipinski definition) is 6. The first-order chi connectivity index (χ1) is 13.5. The molecule has 0 aliphatic carbocycles. The van der Waals surface area contributed by atoms with Gasteiger partial charge in [0.05, 0.1) is 23.9 Å². The van der Waals surface area contributed by atoms with Crippen LogP contribution < -0.4 is 10.9 Å². The molecule has 0 aliphatic rings. The lowest BCUT2D eigenvalue weighted by atomic mass is 10.2. The number of anilines is 1. The number of nitrogens with zero attached hydrogens (tertiary/aromatic N) is 2. The van der Waals surface area contributed by atoms with Gasteiger partial charge in [0.1, 0.15) is 10.9 Å². The van der Waals surface area contributed by atoms with E-state index >= 15 is 0 Å². The molecule has 1 atom stereocenters. The topological polar surface area (TPSA) is 90.3 Å². The van der Waals surface area contributed by atoms with Crippen molar-refractivity contribution in [3.63, 3.8) is 0 Å². The molecule has 8 heteroatoms. The number of amides is 1. The lowest BCUT2D eigenvalue weighted by Crippen LogP contribution is -2.32. The third-order valence-corrected chi connectivity index (χ3v) is 5.19. The van der Waals surface area contributed by atoms with Gasteiger partial charge >= 0.3 is 5.97 Å². The van der Waals surface area contributed by atoms with E-state index in [1.807, 2.05) is 25.1 Å². The molecule has 3 aromatic rings. The van der Waals surface area contributed by atoms with Crippen LogP contribution in [0.5, 0.6) is 0 Å². The highest BCUT2D eigenvalue weighted by molar-refractivity contribution is 7.17. The highest BCUT2D eigenvalue weighted by Gasteiger charge is 2.22. The molecule has 0 bridgehead atoms. The number of fused-ring (bicyclic) bond motifs is 1. The molecule has 2 aromatic heterocycles. The number of carbonyl (C=O) groups is 2. The van der Waals surface area contributed by atoms with Crippen LogP contribution in [0.3, 0.4) is 0 Å². The SMILES string of the molecule is CCCCOC(=O)c1csc2ncn(C(C)C(=O)Nc3ccccc3)c(=O)c12. The van der Waals surface area contributed by atoms with E-state index in [0.29, 0.717) is 17.1 Å². The minimum Gasteiger partial charge on any atom is -0.462 e. The van der Waals surface area contributed by atoms with Crippen molar-refractivity contribution in [2.75, 3.05) is 11.9 Å². The highest BCUT2D eigenvalue weighted by atomic mass is 32.1. The van der Waals surface area contributed by atoms with Crippen LogP contribution in [0.4, 0.5) is 5.69 Å². The van der Waals surface area contributed by atoms with Crippen molar-refractivity contribution < 1.29 is 14.3 Å². The van der Waals surface area contributed by atoms with Gasteiger partial charge in [-0.1, -0.05) is 31.5 Å². The second-order valence-electron chi connectivity index (χ2n) is 6.31. The van der Waals surface area contributed by atoms with Gasteiger partial charge in [0, 0.05) is 11.1 Å². The van der Waals surface area contributed by atoms with Crippen LogP contribution in [0.15, 0.2) is 46.8 Å². The number of unbranched alkanes of at least 4 members (excludes halogenated alkanes) is 1.